The Labute approximate surface area is 208 Å². The van der Waals surface area contributed by atoms with Gasteiger partial charge < -0.3 is 19.9 Å². The molecule has 3 aromatic rings. The van der Waals surface area contributed by atoms with Crippen molar-refractivity contribution in [3.8, 4) is 17.6 Å². The second kappa shape index (κ2) is 11.7. The van der Waals surface area contributed by atoms with Crippen molar-refractivity contribution in [2.75, 3.05) is 7.11 Å². The van der Waals surface area contributed by atoms with Crippen LogP contribution >= 0.6 is 11.6 Å². The number of rotatable bonds is 9. The van der Waals surface area contributed by atoms with E-state index in [-0.39, 0.29) is 34.6 Å². The molecule has 178 valence electrons. The lowest BCUT2D eigenvalue weighted by Gasteiger charge is -2.15. The van der Waals surface area contributed by atoms with Gasteiger partial charge in [-0.15, -0.1) is 0 Å². The molecule has 0 radical (unpaired) electrons. The maximum Gasteiger partial charge on any atom is 0.335 e. The topological polar surface area (TPSA) is 109 Å². The van der Waals surface area contributed by atoms with Crippen molar-refractivity contribution in [2.24, 2.45) is 0 Å². The van der Waals surface area contributed by atoms with Gasteiger partial charge in [-0.05, 0) is 54.0 Å². The summed E-state index contributed by atoms with van der Waals surface area (Å²) in [7, 11) is 1.45. The van der Waals surface area contributed by atoms with E-state index in [9.17, 15) is 14.9 Å². The molecule has 2 N–H and O–H groups in total. The summed E-state index contributed by atoms with van der Waals surface area (Å²) >= 11 is 6.42. The molecule has 0 aliphatic carbocycles. The first kappa shape index (κ1) is 25.3. The minimum Gasteiger partial charge on any atom is -0.493 e. The highest BCUT2D eigenvalue weighted by Crippen LogP contribution is 2.37. The van der Waals surface area contributed by atoms with E-state index in [1.54, 1.807) is 24.3 Å². The molecule has 0 bridgehead atoms. The van der Waals surface area contributed by atoms with E-state index in [2.05, 4.69) is 5.32 Å². The zero-order valence-electron chi connectivity index (χ0n) is 19.1. The van der Waals surface area contributed by atoms with E-state index < -0.39 is 11.9 Å². The van der Waals surface area contributed by atoms with E-state index in [1.807, 2.05) is 43.3 Å². The maximum absolute atomic E-state index is 12.7. The van der Waals surface area contributed by atoms with Crippen LogP contribution in [0.3, 0.4) is 0 Å². The average molecular weight is 491 g/mol. The molecule has 0 aromatic heterocycles. The predicted octanol–water partition coefficient (Wildman–Crippen LogP) is 5.41. The van der Waals surface area contributed by atoms with Crippen LogP contribution in [0.4, 0.5) is 0 Å². The van der Waals surface area contributed by atoms with Crippen molar-refractivity contribution in [3.05, 3.63) is 99.6 Å². The van der Waals surface area contributed by atoms with Gasteiger partial charge in [-0.25, -0.2) is 4.79 Å². The fourth-order valence-electron chi connectivity index (χ4n) is 3.28. The molecule has 1 amide bonds. The van der Waals surface area contributed by atoms with E-state index in [0.29, 0.717) is 11.3 Å². The number of nitrogens with one attached hydrogen (secondary N) is 1. The largest absolute Gasteiger partial charge is 0.493 e. The normalized spacial score (nSPS) is 11.8. The van der Waals surface area contributed by atoms with Gasteiger partial charge in [0.2, 0.25) is 0 Å². The fourth-order valence-corrected chi connectivity index (χ4v) is 3.55. The summed E-state index contributed by atoms with van der Waals surface area (Å²) in [6.45, 7) is 1.97. The van der Waals surface area contributed by atoms with Crippen molar-refractivity contribution in [1.82, 2.24) is 5.32 Å². The lowest BCUT2D eigenvalue weighted by atomic mass is 10.1. The van der Waals surface area contributed by atoms with Gasteiger partial charge in [-0.3, -0.25) is 4.79 Å². The summed E-state index contributed by atoms with van der Waals surface area (Å²) in [4.78, 5) is 23.7. The predicted molar refractivity (Wildman–Crippen MR) is 132 cm³/mol. The van der Waals surface area contributed by atoms with Crippen molar-refractivity contribution in [1.29, 1.82) is 5.26 Å². The Morgan fingerprint density at radius 2 is 1.83 bits per heavy atom. The highest BCUT2D eigenvalue weighted by molar-refractivity contribution is 6.32. The van der Waals surface area contributed by atoms with E-state index in [0.717, 1.165) is 11.1 Å². The number of carboxylic acid groups (broad SMARTS) is 1. The Bertz CT molecular complexity index is 1280. The Balaban J connectivity index is 1.77. The van der Waals surface area contributed by atoms with Crippen LogP contribution < -0.4 is 14.8 Å². The third-order valence-electron chi connectivity index (χ3n) is 5.16. The van der Waals surface area contributed by atoms with Gasteiger partial charge in [-0.2, -0.15) is 5.26 Å². The van der Waals surface area contributed by atoms with Crippen LogP contribution in [-0.4, -0.2) is 24.1 Å². The zero-order valence-corrected chi connectivity index (χ0v) is 19.9. The number of carboxylic acids is 1. The molecular formula is C27H23ClN2O5. The first-order valence-electron chi connectivity index (χ1n) is 10.6. The molecule has 0 saturated heterocycles. The molecule has 35 heavy (non-hydrogen) atoms. The fraction of sp³-hybridized carbons (Fsp3) is 0.148. The van der Waals surface area contributed by atoms with Crippen LogP contribution in [-0.2, 0) is 11.4 Å². The molecule has 7 nitrogen and oxygen atoms in total. The van der Waals surface area contributed by atoms with Gasteiger partial charge in [-0.1, -0.05) is 54.1 Å². The summed E-state index contributed by atoms with van der Waals surface area (Å²) in [6, 6.07) is 20.5. The number of methoxy groups -OCH3 is 1. The van der Waals surface area contributed by atoms with Gasteiger partial charge >= 0.3 is 5.97 Å². The highest BCUT2D eigenvalue weighted by atomic mass is 35.5. The smallest absolute Gasteiger partial charge is 0.335 e. The molecule has 0 fully saturated rings. The molecule has 0 saturated carbocycles. The number of hydrogen-bond acceptors (Lipinski definition) is 5. The lowest BCUT2D eigenvalue weighted by molar-refractivity contribution is -0.117. The van der Waals surface area contributed by atoms with Gasteiger partial charge in [0.15, 0.2) is 11.5 Å². The first-order chi connectivity index (χ1) is 16.8. The Kier molecular flexibility index (Phi) is 8.49. The minimum atomic E-state index is -1.01. The second-order valence-corrected chi connectivity index (χ2v) is 8.01. The molecular weight excluding hydrogens is 468 g/mol. The van der Waals surface area contributed by atoms with Gasteiger partial charge in [0.1, 0.15) is 18.2 Å². The first-order valence-corrected chi connectivity index (χ1v) is 11.0. The minimum absolute atomic E-state index is 0.0851. The van der Waals surface area contributed by atoms with Crippen LogP contribution in [0.25, 0.3) is 6.08 Å². The molecule has 8 heteroatoms. The lowest BCUT2D eigenvalue weighted by Crippen LogP contribution is -2.27. The summed E-state index contributed by atoms with van der Waals surface area (Å²) in [6.07, 6.45) is 1.43. The molecule has 0 aliphatic heterocycles. The van der Waals surface area contributed by atoms with Crippen LogP contribution in [0.5, 0.6) is 11.5 Å². The molecule has 1 atom stereocenters. The molecule has 0 heterocycles. The third kappa shape index (κ3) is 6.62. The Morgan fingerprint density at radius 3 is 2.43 bits per heavy atom. The highest BCUT2D eigenvalue weighted by Gasteiger charge is 2.16. The monoisotopic (exact) mass is 490 g/mol. The molecule has 3 rings (SSSR count). The van der Waals surface area contributed by atoms with Gasteiger partial charge in [0.05, 0.1) is 23.7 Å². The summed E-state index contributed by atoms with van der Waals surface area (Å²) in [5.41, 5.74) is 2.24. The Hall–Kier alpha value is -4.28. The maximum atomic E-state index is 12.7. The van der Waals surface area contributed by atoms with Crippen LogP contribution in [0.2, 0.25) is 5.02 Å². The zero-order chi connectivity index (χ0) is 25.4. The molecule has 3 aromatic carbocycles. The number of carbonyl (C=O) groups is 2. The van der Waals surface area contributed by atoms with Crippen molar-refractivity contribution in [2.45, 2.75) is 19.6 Å². The number of hydrogen-bond donors (Lipinski definition) is 2. The number of carbonyl (C=O) groups excluding carboxylic acids is 1. The van der Waals surface area contributed by atoms with Crippen LogP contribution in [0.15, 0.2) is 72.3 Å². The van der Waals surface area contributed by atoms with E-state index in [4.69, 9.17) is 26.2 Å². The van der Waals surface area contributed by atoms with Gasteiger partial charge in [0.25, 0.3) is 5.91 Å². The van der Waals surface area contributed by atoms with Crippen molar-refractivity contribution >= 4 is 29.6 Å². The number of benzene rings is 3. The number of amides is 1. The number of halogens is 1. The number of nitrogens with zero attached hydrogens (tertiary/aromatic N) is 1. The number of ether oxygens (including phenoxy) is 2. The number of nitriles is 1. The molecule has 0 unspecified atom stereocenters. The Morgan fingerprint density at radius 1 is 1.14 bits per heavy atom. The quantitative estimate of drug-likeness (QED) is 0.306. The second-order valence-electron chi connectivity index (χ2n) is 7.60. The molecule has 0 aliphatic rings. The van der Waals surface area contributed by atoms with E-state index in [1.165, 1.54) is 25.3 Å². The van der Waals surface area contributed by atoms with Gasteiger partial charge in [0, 0.05) is 0 Å². The summed E-state index contributed by atoms with van der Waals surface area (Å²) in [5.74, 6) is -0.912. The van der Waals surface area contributed by atoms with E-state index >= 15 is 0 Å². The number of aromatic carboxylic acids is 1. The SMILES string of the molecule is COc1cc(/C=C(/C#N)C(=O)N[C@H](C)c2ccccc2)cc(Cl)c1OCc1ccc(C(=O)O)cc1. The molecule has 0 spiro atoms. The third-order valence-corrected chi connectivity index (χ3v) is 5.44. The van der Waals surface area contributed by atoms with Crippen LogP contribution in [0.1, 0.15) is 40.0 Å². The van der Waals surface area contributed by atoms with Crippen molar-refractivity contribution < 1.29 is 24.2 Å². The van der Waals surface area contributed by atoms with Crippen molar-refractivity contribution in [3.63, 3.8) is 0 Å². The summed E-state index contributed by atoms with van der Waals surface area (Å²) < 4.78 is 11.2. The standard InChI is InChI=1S/C27H23ClN2O5/c1-17(20-6-4-3-5-7-20)30-26(31)22(15-29)12-19-13-23(28)25(24(14-19)34-2)35-16-18-8-10-21(11-9-18)27(32)33/h3-14,17H,16H2,1-2H3,(H,30,31)(H,32,33)/b22-12-/t17-/m1/s1. The van der Waals surface area contributed by atoms with Crippen LogP contribution in [0, 0.1) is 11.3 Å². The average Bonchev–Trinajstić information content (AvgIpc) is 2.86. The summed E-state index contributed by atoms with van der Waals surface area (Å²) in [5, 5.41) is 21.6.